The molecule has 2 rings (SSSR count). The summed E-state index contributed by atoms with van der Waals surface area (Å²) in [5, 5.41) is 12.2. The molecule has 22 heavy (non-hydrogen) atoms. The molecule has 2 N–H and O–H groups in total. The highest BCUT2D eigenvalue weighted by molar-refractivity contribution is 5.89. The molecule has 0 saturated heterocycles. The summed E-state index contributed by atoms with van der Waals surface area (Å²) < 4.78 is 0. The van der Waals surface area contributed by atoms with Crippen LogP contribution in [0, 0.1) is 0 Å². The number of benzene rings is 1. The van der Waals surface area contributed by atoms with Gasteiger partial charge in [-0.15, -0.1) is 0 Å². The summed E-state index contributed by atoms with van der Waals surface area (Å²) in [7, 11) is 0. The molecule has 116 valence electrons. The van der Waals surface area contributed by atoms with Crippen molar-refractivity contribution in [1.29, 1.82) is 0 Å². The summed E-state index contributed by atoms with van der Waals surface area (Å²) in [6, 6.07) is 8.59. The van der Waals surface area contributed by atoms with Crippen molar-refractivity contribution in [2.24, 2.45) is 0 Å². The van der Waals surface area contributed by atoms with Crippen LogP contribution in [-0.2, 0) is 0 Å². The first kappa shape index (κ1) is 15.9. The maximum atomic E-state index is 11.0. The highest BCUT2D eigenvalue weighted by Crippen LogP contribution is 2.22. The molecule has 0 fully saturated rings. The molecule has 2 aromatic rings. The first-order valence-electron chi connectivity index (χ1n) is 7.36. The Bertz CT molecular complexity index is 655. The van der Waals surface area contributed by atoms with Gasteiger partial charge < -0.3 is 10.4 Å². The molecule has 0 aliphatic carbocycles. The van der Waals surface area contributed by atoms with Crippen LogP contribution in [0.1, 0.15) is 61.4 Å². The quantitative estimate of drug-likeness (QED) is 0.866. The summed E-state index contributed by atoms with van der Waals surface area (Å²) >= 11 is 0. The van der Waals surface area contributed by atoms with Crippen LogP contribution in [0.2, 0.25) is 0 Å². The van der Waals surface area contributed by atoms with Crippen LogP contribution in [0.15, 0.2) is 30.3 Å². The molecule has 1 heterocycles. The lowest BCUT2D eigenvalue weighted by Crippen LogP contribution is -2.06. The van der Waals surface area contributed by atoms with Crippen LogP contribution in [0.4, 0.5) is 11.5 Å². The van der Waals surface area contributed by atoms with Crippen LogP contribution < -0.4 is 5.32 Å². The zero-order valence-corrected chi connectivity index (χ0v) is 13.3. The summed E-state index contributed by atoms with van der Waals surface area (Å²) in [6.45, 7) is 8.27. The fourth-order valence-corrected chi connectivity index (χ4v) is 1.98. The Kier molecular flexibility index (Phi) is 4.75. The lowest BCUT2D eigenvalue weighted by molar-refractivity contribution is 0.0697. The van der Waals surface area contributed by atoms with E-state index in [1.165, 1.54) is 0 Å². The van der Waals surface area contributed by atoms with Gasteiger partial charge in [-0.25, -0.2) is 14.8 Å². The number of rotatable bonds is 5. The number of hydrogen-bond acceptors (Lipinski definition) is 4. The van der Waals surface area contributed by atoms with E-state index < -0.39 is 5.97 Å². The fraction of sp³-hybridized carbons (Fsp3) is 0.353. The molecule has 5 nitrogen and oxygen atoms in total. The van der Waals surface area contributed by atoms with Gasteiger partial charge in [0.25, 0.3) is 0 Å². The summed E-state index contributed by atoms with van der Waals surface area (Å²) in [6.07, 6.45) is 0. The van der Waals surface area contributed by atoms with Gasteiger partial charge in [-0.2, -0.15) is 0 Å². The van der Waals surface area contributed by atoms with E-state index in [0.717, 1.165) is 11.5 Å². The van der Waals surface area contributed by atoms with Crippen molar-refractivity contribution in [3.63, 3.8) is 0 Å². The van der Waals surface area contributed by atoms with E-state index in [9.17, 15) is 4.79 Å². The van der Waals surface area contributed by atoms with Gasteiger partial charge in [0.05, 0.1) is 5.56 Å². The maximum Gasteiger partial charge on any atom is 0.335 e. The van der Waals surface area contributed by atoms with Crippen LogP contribution >= 0.6 is 0 Å². The SMILES string of the molecule is CC(C)c1cc(Nc2cccc(C(=O)O)c2)nc(C(C)C)n1. The molecule has 0 amide bonds. The van der Waals surface area contributed by atoms with Crippen LogP contribution in [0.25, 0.3) is 0 Å². The predicted octanol–water partition coefficient (Wildman–Crippen LogP) is 4.17. The summed E-state index contributed by atoms with van der Waals surface area (Å²) in [5.41, 5.74) is 1.91. The standard InChI is InChI=1S/C17H21N3O2/c1-10(2)14-9-15(20-16(19-14)11(3)4)18-13-7-5-6-12(8-13)17(21)22/h5-11H,1-4H3,(H,21,22)(H,18,19,20). The normalized spacial score (nSPS) is 11.0. The average Bonchev–Trinajstić information content (AvgIpc) is 2.47. The molecule has 0 aliphatic rings. The van der Waals surface area contributed by atoms with Crippen LogP contribution in [0.3, 0.4) is 0 Å². The maximum absolute atomic E-state index is 11.0. The number of carbonyl (C=O) groups is 1. The van der Waals surface area contributed by atoms with E-state index in [2.05, 4.69) is 29.1 Å². The molecule has 0 spiro atoms. The number of carboxylic acid groups (broad SMARTS) is 1. The summed E-state index contributed by atoms with van der Waals surface area (Å²) in [5.74, 6) is 1.04. The van der Waals surface area contributed by atoms with Gasteiger partial charge in [0.1, 0.15) is 11.6 Å². The molecule has 0 radical (unpaired) electrons. The minimum atomic E-state index is -0.947. The number of aromatic nitrogens is 2. The molecular formula is C17H21N3O2. The third kappa shape index (κ3) is 3.81. The first-order chi connectivity index (χ1) is 10.4. The Labute approximate surface area is 130 Å². The topological polar surface area (TPSA) is 75.1 Å². The van der Waals surface area contributed by atoms with E-state index in [0.29, 0.717) is 17.4 Å². The zero-order chi connectivity index (χ0) is 16.3. The zero-order valence-electron chi connectivity index (χ0n) is 13.3. The molecule has 0 bridgehead atoms. The highest BCUT2D eigenvalue weighted by Gasteiger charge is 2.11. The van der Waals surface area contributed by atoms with Crippen molar-refractivity contribution in [2.75, 3.05) is 5.32 Å². The molecule has 0 atom stereocenters. The van der Waals surface area contributed by atoms with Gasteiger partial charge >= 0.3 is 5.97 Å². The number of carboxylic acids is 1. The monoisotopic (exact) mass is 299 g/mol. The Hall–Kier alpha value is -2.43. The number of hydrogen-bond donors (Lipinski definition) is 2. The number of nitrogens with one attached hydrogen (secondary N) is 1. The molecule has 5 heteroatoms. The first-order valence-corrected chi connectivity index (χ1v) is 7.36. The van der Waals surface area contributed by atoms with Gasteiger partial charge in [-0.3, -0.25) is 0 Å². The highest BCUT2D eigenvalue weighted by atomic mass is 16.4. The fourth-order valence-electron chi connectivity index (χ4n) is 1.98. The molecular weight excluding hydrogens is 278 g/mol. The molecule has 0 saturated carbocycles. The lowest BCUT2D eigenvalue weighted by atomic mass is 10.1. The smallest absolute Gasteiger partial charge is 0.335 e. The van der Waals surface area contributed by atoms with Gasteiger partial charge in [0.15, 0.2) is 0 Å². The van der Waals surface area contributed by atoms with E-state index in [1.807, 2.05) is 26.0 Å². The second-order valence-corrected chi connectivity index (χ2v) is 5.86. The lowest BCUT2D eigenvalue weighted by Gasteiger charge is -2.13. The Morgan fingerprint density at radius 2 is 1.82 bits per heavy atom. The van der Waals surface area contributed by atoms with Gasteiger partial charge in [-0.1, -0.05) is 33.8 Å². The van der Waals surface area contributed by atoms with Crippen molar-refractivity contribution >= 4 is 17.5 Å². The van der Waals surface area contributed by atoms with E-state index in [1.54, 1.807) is 18.2 Å². The van der Waals surface area contributed by atoms with E-state index in [-0.39, 0.29) is 11.5 Å². The van der Waals surface area contributed by atoms with Crippen molar-refractivity contribution in [1.82, 2.24) is 9.97 Å². The van der Waals surface area contributed by atoms with Gasteiger partial charge in [0.2, 0.25) is 0 Å². The Morgan fingerprint density at radius 1 is 1.09 bits per heavy atom. The van der Waals surface area contributed by atoms with Gasteiger partial charge in [-0.05, 0) is 24.1 Å². The molecule has 1 aromatic heterocycles. The Balaban J connectivity index is 2.36. The third-order valence-corrected chi connectivity index (χ3v) is 3.25. The molecule has 0 unspecified atom stereocenters. The summed E-state index contributed by atoms with van der Waals surface area (Å²) in [4.78, 5) is 20.1. The van der Waals surface area contributed by atoms with E-state index in [4.69, 9.17) is 5.11 Å². The second kappa shape index (κ2) is 6.56. The predicted molar refractivity (Wildman–Crippen MR) is 86.9 cm³/mol. The number of anilines is 2. The molecule has 1 aromatic carbocycles. The minimum Gasteiger partial charge on any atom is -0.478 e. The molecule has 0 aliphatic heterocycles. The number of nitrogens with zero attached hydrogens (tertiary/aromatic N) is 2. The minimum absolute atomic E-state index is 0.226. The van der Waals surface area contributed by atoms with Crippen molar-refractivity contribution < 1.29 is 9.90 Å². The third-order valence-electron chi connectivity index (χ3n) is 3.25. The number of aromatic carboxylic acids is 1. The van der Waals surface area contributed by atoms with Crippen molar-refractivity contribution in [2.45, 2.75) is 39.5 Å². The average molecular weight is 299 g/mol. The Morgan fingerprint density at radius 3 is 2.41 bits per heavy atom. The van der Waals surface area contributed by atoms with Crippen molar-refractivity contribution in [3.05, 3.63) is 47.4 Å². The van der Waals surface area contributed by atoms with Gasteiger partial charge in [0, 0.05) is 23.4 Å². The second-order valence-electron chi connectivity index (χ2n) is 5.86. The van der Waals surface area contributed by atoms with Crippen molar-refractivity contribution in [3.8, 4) is 0 Å². The largest absolute Gasteiger partial charge is 0.478 e. The van der Waals surface area contributed by atoms with Crippen LogP contribution in [-0.4, -0.2) is 21.0 Å². The van der Waals surface area contributed by atoms with E-state index >= 15 is 0 Å². The van der Waals surface area contributed by atoms with Crippen LogP contribution in [0.5, 0.6) is 0 Å².